The van der Waals surface area contributed by atoms with Crippen LogP contribution < -0.4 is 0 Å². The molecule has 2 heteroatoms. The van der Waals surface area contributed by atoms with Crippen molar-refractivity contribution in [3.05, 3.63) is 68.2 Å². The third-order valence-corrected chi connectivity index (χ3v) is 9.31. The largest absolute Gasteiger partial charge is 0.106 e. The molecule has 0 saturated heterocycles. The van der Waals surface area contributed by atoms with Gasteiger partial charge in [0.05, 0.1) is 0 Å². The molecule has 0 unspecified atom stereocenters. The average Bonchev–Trinajstić information content (AvgIpc) is 2.80. The molecule has 0 bridgehead atoms. The molecular formula is C32H46S2. The van der Waals surface area contributed by atoms with Crippen molar-refractivity contribution in [2.24, 2.45) is 22.7 Å². The number of hydrogen-bond donors (Lipinski definition) is 0. The van der Waals surface area contributed by atoms with Gasteiger partial charge in [0.15, 0.2) is 0 Å². The summed E-state index contributed by atoms with van der Waals surface area (Å²) in [6.45, 7) is 14.3. The third kappa shape index (κ3) is 9.15. The zero-order valence-corrected chi connectivity index (χ0v) is 24.0. The van der Waals surface area contributed by atoms with Crippen LogP contribution in [-0.2, 0) is 0 Å². The molecule has 34 heavy (non-hydrogen) atoms. The van der Waals surface area contributed by atoms with E-state index >= 15 is 0 Å². The summed E-state index contributed by atoms with van der Waals surface area (Å²) in [7, 11) is 0. The molecule has 1 aromatic carbocycles. The first-order valence-electron chi connectivity index (χ1n) is 13.2. The zero-order chi connectivity index (χ0) is 24.6. The van der Waals surface area contributed by atoms with Gasteiger partial charge in [-0.05, 0) is 119 Å². The van der Waals surface area contributed by atoms with Crippen LogP contribution in [0.2, 0.25) is 0 Å². The van der Waals surface area contributed by atoms with Gasteiger partial charge in [-0.3, -0.25) is 0 Å². The Balaban J connectivity index is 1.38. The van der Waals surface area contributed by atoms with Crippen LogP contribution >= 0.6 is 23.5 Å². The van der Waals surface area contributed by atoms with E-state index in [2.05, 4.69) is 99.6 Å². The SMILES string of the molecule is CC(C)(C)C1CCC(=CS/C=C/c2ccc(/C=C/SC=C3CCC(C(C)(C)C)CC3)cc2)CC1. The molecule has 2 aliphatic carbocycles. The van der Waals surface area contributed by atoms with Crippen molar-refractivity contribution >= 4 is 35.7 Å². The second-order valence-corrected chi connectivity index (χ2v) is 13.9. The summed E-state index contributed by atoms with van der Waals surface area (Å²) in [4.78, 5) is 0. The minimum absolute atomic E-state index is 0.460. The van der Waals surface area contributed by atoms with Crippen molar-refractivity contribution in [2.45, 2.75) is 92.9 Å². The Morgan fingerprint density at radius 2 is 0.912 bits per heavy atom. The van der Waals surface area contributed by atoms with E-state index in [1.54, 1.807) is 11.1 Å². The van der Waals surface area contributed by atoms with Gasteiger partial charge in [0.25, 0.3) is 0 Å². The first-order valence-corrected chi connectivity index (χ1v) is 15.1. The van der Waals surface area contributed by atoms with E-state index in [4.69, 9.17) is 0 Å². The maximum absolute atomic E-state index is 2.39. The van der Waals surface area contributed by atoms with Gasteiger partial charge in [-0.25, -0.2) is 0 Å². The number of allylic oxidation sites excluding steroid dienone is 2. The van der Waals surface area contributed by atoms with Crippen LogP contribution in [0.15, 0.2) is 57.0 Å². The molecule has 0 aromatic heterocycles. The predicted octanol–water partition coefficient (Wildman–Crippen LogP) is 11.3. The Bertz CT molecular complexity index is 789. The van der Waals surface area contributed by atoms with Crippen LogP contribution in [0.4, 0.5) is 0 Å². The third-order valence-electron chi connectivity index (χ3n) is 7.79. The van der Waals surface area contributed by atoms with Crippen molar-refractivity contribution < 1.29 is 0 Å². The maximum atomic E-state index is 2.39. The van der Waals surface area contributed by atoms with Gasteiger partial charge in [-0.1, -0.05) is 77.0 Å². The topological polar surface area (TPSA) is 0 Å². The average molecular weight is 495 g/mol. The van der Waals surface area contributed by atoms with Gasteiger partial charge in [0, 0.05) is 0 Å². The van der Waals surface area contributed by atoms with Crippen molar-refractivity contribution in [3.63, 3.8) is 0 Å². The lowest BCUT2D eigenvalue weighted by atomic mass is 9.71. The summed E-state index contributed by atoms with van der Waals surface area (Å²) in [5, 5.41) is 9.22. The van der Waals surface area contributed by atoms with Crippen LogP contribution in [0, 0.1) is 22.7 Å². The quantitative estimate of drug-likeness (QED) is 0.385. The number of hydrogen-bond acceptors (Lipinski definition) is 2. The van der Waals surface area contributed by atoms with Crippen molar-refractivity contribution in [3.8, 4) is 0 Å². The standard InChI is InChI=1S/C32H46S2/c1-31(2,3)29-15-11-27(12-16-29)23-33-21-19-25-7-9-26(10-8-25)20-22-34-24-28-13-17-30(18-14-28)32(4,5)6/h7-10,19-24,29-30H,11-18H2,1-6H3/b21-19+,22-20+,27-23?,28-24?. The second kappa shape index (κ2) is 12.7. The smallest absolute Gasteiger partial charge is 0.0242 e. The van der Waals surface area contributed by atoms with Crippen LogP contribution in [0.5, 0.6) is 0 Å². The maximum Gasteiger partial charge on any atom is -0.0242 e. The highest BCUT2D eigenvalue weighted by atomic mass is 32.2. The Labute approximate surface area is 218 Å². The van der Waals surface area contributed by atoms with E-state index in [0.717, 1.165) is 11.8 Å². The van der Waals surface area contributed by atoms with Crippen molar-refractivity contribution in [1.29, 1.82) is 0 Å². The first-order chi connectivity index (χ1) is 16.1. The fraction of sp³-hybridized carbons (Fsp3) is 0.562. The molecule has 2 aliphatic rings. The van der Waals surface area contributed by atoms with E-state index < -0.39 is 0 Å². The molecule has 0 N–H and O–H groups in total. The Morgan fingerprint density at radius 1 is 0.588 bits per heavy atom. The monoisotopic (exact) mass is 494 g/mol. The normalized spacial score (nSPS) is 22.5. The minimum atomic E-state index is 0.460. The van der Waals surface area contributed by atoms with Gasteiger partial charge in [-0.15, -0.1) is 23.5 Å². The number of rotatable bonds is 6. The molecule has 0 radical (unpaired) electrons. The molecule has 2 saturated carbocycles. The van der Waals surface area contributed by atoms with Gasteiger partial charge in [-0.2, -0.15) is 0 Å². The molecule has 2 fully saturated rings. The summed E-state index contributed by atoms with van der Waals surface area (Å²) >= 11 is 3.67. The molecule has 0 heterocycles. The van der Waals surface area contributed by atoms with Gasteiger partial charge in [0.2, 0.25) is 0 Å². The lowest BCUT2D eigenvalue weighted by molar-refractivity contribution is 0.197. The number of benzene rings is 1. The second-order valence-electron chi connectivity index (χ2n) is 12.4. The zero-order valence-electron chi connectivity index (χ0n) is 22.4. The van der Waals surface area contributed by atoms with Crippen LogP contribution in [0.25, 0.3) is 12.2 Å². The van der Waals surface area contributed by atoms with E-state index in [1.807, 2.05) is 23.5 Å². The molecule has 1 aromatic rings. The summed E-state index contributed by atoms with van der Waals surface area (Å²) in [5.74, 6) is 1.75. The van der Waals surface area contributed by atoms with Crippen LogP contribution in [0.3, 0.4) is 0 Å². The molecule has 0 atom stereocenters. The van der Waals surface area contributed by atoms with Crippen LogP contribution in [-0.4, -0.2) is 0 Å². The summed E-state index contributed by atoms with van der Waals surface area (Å²) in [5.41, 5.74) is 6.72. The van der Waals surface area contributed by atoms with Gasteiger partial charge >= 0.3 is 0 Å². The summed E-state index contributed by atoms with van der Waals surface area (Å²) in [6, 6.07) is 8.87. The Kier molecular flexibility index (Phi) is 10.3. The molecule has 0 nitrogen and oxygen atoms in total. The number of thioether (sulfide) groups is 2. The summed E-state index contributed by atoms with van der Waals surface area (Å²) < 4.78 is 0. The molecule has 0 amide bonds. The lowest BCUT2D eigenvalue weighted by Gasteiger charge is -2.34. The fourth-order valence-electron chi connectivity index (χ4n) is 5.17. The molecular weight excluding hydrogens is 448 g/mol. The van der Waals surface area contributed by atoms with Gasteiger partial charge < -0.3 is 0 Å². The Hall–Kier alpha value is -1.12. The minimum Gasteiger partial charge on any atom is -0.106 e. The van der Waals surface area contributed by atoms with Crippen LogP contribution in [0.1, 0.15) is 104 Å². The lowest BCUT2D eigenvalue weighted by Crippen LogP contribution is -2.23. The highest BCUT2D eigenvalue weighted by Crippen LogP contribution is 2.41. The highest BCUT2D eigenvalue weighted by Gasteiger charge is 2.28. The van der Waals surface area contributed by atoms with Gasteiger partial charge in [0.1, 0.15) is 0 Å². The van der Waals surface area contributed by atoms with E-state index in [9.17, 15) is 0 Å². The molecule has 186 valence electrons. The van der Waals surface area contributed by atoms with Crippen molar-refractivity contribution in [1.82, 2.24) is 0 Å². The molecule has 3 rings (SSSR count). The first kappa shape index (κ1) is 27.5. The highest BCUT2D eigenvalue weighted by molar-refractivity contribution is 8.05. The molecule has 0 aliphatic heterocycles. The molecule has 0 spiro atoms. The Morgan fingerprint density at radius 3 is 1.21 bits per heavy atom. The van der Waals surface area contributed by atoms with E-state index in [-0.39, 0.29) is 0 Å². The van der Waals surface area contributed by atoms with E-state index in [1.165, 1.54) is 62.5 Å². The van der Waals surface area contributed by atoms with Crippen molar-refractivity contribution in [2.75, 3.05) is 0 Å². The fourth-order valence-corrected chi connectivity index (χ4v) is 6.65. The van der Waals surface area contributed by atoms with E-state index in [0.29, 0.717) is 10.8 Å². The summed E-state index contributed by atoms with van der Waals surface area (Å²) in [6.07, 6.45) is 14.9. The predicted molar refractivity (Wildman–Crippen MR) is 159 cm³/mol.